The molecule has 2 N–H and O–H groups in total. The summed E-state index contributed by atoms with van der Waals surface area (Å²) in [4.78, 5) is 17.6. The van der Waals surface area contributed by atoms with Crippen LogP contribution in [0.2, 0.25) is 0 Å². The van der Waals surface area contributed by atoms with Crippen molar-refractivity contribution in [3.8, 4) is 11.5 Å². The minimum atomic E-state index is -0.393. The van der Waals surface area contributed by atoms with Crippen LogP contribution in [0.3, 0.4) is 0 Å². The standard InChI is InChI=1S/C28H32N4O3/c1-21(28(33)30-24-9-12-26-27(19-24)35-18-17-34-26)29-23-7-10-25(11-8-23)32-15-13-31(14-16-32)20-22-5-3-2-4-6-22/h2-12,19,21,29H,13-18,20H2,1H3,(H,30,33)/t21-/m1/s1. The molecule has 0 spiro atoms. The summed E-state index contributed by atoms with van der Waals surface area (Å²) in [5.74, 6) is 1.25. The van der Waals surface area contributed by atoms with Gasteiger partial charge in [-0.1, -0.05) is 30.3 Å². The average Bonchev–Trinajstić information content (AvgIpc) is 2.90. The molecule has 0 bridgehead atoms. The summed E-state index contributed by atoms with van der Waals surface area (Å²) in [6.45, 7) is 8.03. The number of hydrogen-bond donors (Lipinski definition) is 2. The van der Waals surface area contributed by atoms with E-state index in [1.54, 1.807) is 6.07 Å². The molecule has 7 heteroatoms. The lowest BCUT2D eigenvalue weighted by atomic mass is 10.2. The van der Waals surface area contributed by atoms with Crippen LogP contribution in [0.25, 0.3) is 0 Å². The maximum Gasteiger partial charge on any atom is 0.246 e. The van der Waals surface area contributed by atoms with Crippen molar-refractivity contribution in [2.24, 2.45) is 0 Å². The molecule has 35 heavy (non-hydrogen) atoms. The van der Waals surface area contributed by atoms with Gasteiger partial charge in [-0.25, -0.2) is 0 Å². The molecule has 5 rings (SSSR count). The molecule has 3 aromatic carbocycles. The molecule has 0 radical (unpaired) electrons. The molecule has 0 unspecified atom stereocenters. The van der Waals surface area contributed by atoms with Crippen LogP contribution in [0.4, 0.5) is 17.1 Å². The Morgan fingerprint density at radius 2 is 1.54 bits per heavy atom. The highest BCUT2D eigenvalue weighted by atomic mass is 16.6. The Bertz CT molecular complexity index is 1130. The second kappa shape index (κ2) is 10.7. The maximum atomic E-state index is 12.7. The number of fused-ring (bicyclic) bond motifs is 1. The molecule has 1 fully saturated rings. The largest absolute Gasteiger partial charge is 0.486 e. The summed E-state index contributed by atoms with van der Waals surface area (Å²) in [5, 5.41) is 6.24. The van der Waals surface area contributed by atoms with E-state index in [4.69, 9.17) is 9.47 Å². The number of nitrogens with one attached hydrogen (secondary N) is 2. The number of anilines is 3. The first-order chi connectivity index (χ1) is 17.1. The molecule has 1 amide bonds. The van der Waals surface area contributed by atoms with Crippen molar-refractivity contribution >= 4 is 23.0 Å². The van der Waals surface area contributed by atoms with Crippen molar-refractivity contribution in [3.05, 3.63) is 78.4 Å². The van der Waals surface area contributed by atoms with Gasteiger partial charge in [0, 0.05) is 55.9 Å². The number of ether oxygens (including phenoxy) is 2. The maximum absolute atomic E-state index is 12.7. The van der Waals surface area contributed by atoms with Gasteiger partial charge in [0.2, 0.25) is 5.91 Å². The number of carbonyl (C=O) groups is 1. The zero-order valence-electron chi connectivity index (χ0n) is 20.1. The molecule has 182 valence electrons. The third kappa shape index (κ3) is 5.87. The minimum Gasteiger partial charge on any atom is -0.486 e. The fourth-order valence-electron chi connectivity index (χ4n) is 4.46. The molecule has 1 saturated heterocycles. The van der Waals surface area contributed by atoms with Gasteiger partial charge in [-0.15, -0.1) is 0 Å². The first kappa shape index (κ1) is 23.1. The number of rotatable bonds is 7. The molecule has 2 heterocycles. The Balaban J connectivity index is 1.10. The summed E-state index contributed by atoms with van der Waals surface area (Å²) >= 11 is 0. The summed E-state index contributed by atoms with van der Waals surface area (Å²) in [5.41, 5.74) is 4.18. The highest BCUT2D eigenvalue weighted by Crippen LogP contribution is 2.32. The van der Waals surface area contributed by atoms with E-state index in [1.165, 1.54) is 11.3 Å². The van der Waals surface area contributed by atoms with Gasteiger partial charge in [0.15, 0.2) is 11.5 Å². The van der Waals surface area contributed by atoms with Gasteiger partial charge < -0.3 is 25.0 Å². The van der Waals surface area contributed by atoms with Crippen molar-refractivity contribution < 1.29 is 14.3 Å². The van der Waals surface area contributed by atoms with Crippen molar-refractivity contribution in [2.45, 2.75) is 19.5 Å². The van der Waals surface area contributed by atoms with E-state index in [2.05, 4.69) is 62.9 Å². The minimum absolute atomic E-state index is 0.111. The third-order valence-electron chi connectivity index (χ3n) is 6.44. The Labute approximate surface area is 206 Å². The summed E-state index contributed by atoms with van der Waals surface area (Å²) in [6.07, 6.45) is 0. The van der Waals surface area contributed by atoms with Crippen LogP contribution >= 0.6 is 0 Å². The zero-order chi connectivity index (χ0) is 24.0. The van der Waals surface area contributed by atoms with E-state index < -0.39 is 6.04 Å². The fourth-order valence-corrected chi connectivity index (χ4v) is 4.46. The van der Waals surface area contributed by atoms with E-state index in [0.717, 1.165) is 38.4 Å². The van der Waals surface area contributed by atoms with E-state index in [0.29, 0.717) is 30.4 Å². The quantitative estimate of drug-likeness (QED) is 0.537. The topological polar surface area (TPSA) is 66.1 Å². The summed E-state index contributed by atoms with van der Waals surface area (Å²) in [7, 11) is 0. The first-order valence-electron chi connectivity index (χ1n) is 12.2. The number of carbonyl (C=O) groups excluding carboxylic acids is 1. The molecule has 1 atom stereocenters. The molecule has 0 aliphatic carbocycles. The van der Waals surface area contributed by atoms with Crippen molar-refractivity contribution in [3.63, 3.8) is 0 Å². The monoisotopic (exact) mass is 472 g/mol. The SMILES string of the molecule is C[C@@H](Nc1ccc(N2CCN(Cc3ccccc3)CC2)cc1)C(=O)Nc1ccc2c(c1)OCCO2. The van der Waals surface area contributed by atoms with Crippen LogP contribution in [0.5, 0.6) is 11.5 Å². The molecule has 0 saturated carbocycles. The first-order valence-corrected chi connectivity index (χ1v) is 12.2. The number of amides is 1. The second-order valence-corrected chi connectivity index (χ2v) is 9.01. The van der Waals surface area contributed by atoms with Gasteiger partial charge in [0.1, 0.15) is 19.3 Å². The van der Waals surface area contributed by atoms with Crippen LogP contribution in [0, 0.1) is 0 Å². The van der Waals surface area contributed by atoms with E-state index in [-0.39, 0.29) is 5.91 Å². The van der Waals surface area contributed by atoms with Crippen LogP contribution in [-0.2, 0) is 11.3 Å². The lowest BCUT2D eigenvalue weighted by molar-refractivity contribution is -0.116. The highest BCUT2D eigenvalue weighted by molar-refractivity contribution is 5.96. The van der Waals surface area contributed by atoms with E-state index in [9.17, 15) is 4.79 Å². The Morgan fingerprint density at radius 1 is 0.857 bits per heavy atom. The number of nitrogens with zero attached hydrogens (tertiary/aromatic N) is 2. The van der Waals surface area contributed by atoms with E-state index >= 15 is 0 Å². The van der Waals surface area contributed by atoms with Gasteiger partial charge >= 0.3 is 0 Å². The lowest BCUT2D eigenvalue weighted by Crippen LogP contribution is -2.45. The number of hydrogen-bond acceptors (Lipinski definition) is 6. The highest BCUT2D eigenvalue weighted by Gasteiger charge is 2.19. The number of piperazine rings is 1. The third-order valence-corrected chi connectivity index (χ3v) is 6.44. The molecular weight excluding hydrogens is 440 g/mol. The van der Waals surface area contributed by atoms with Gasteiger partial charge in [-0.2, -0.15) is 0 Å². The zero-order valence-corrected chi connectivity index (χ0v) is 20.1. The van der Waals surface area contributed by atoms with Crippen LogP contribution in [0.15, 0.2) is 72.8 Å². The van der Waals surface area contributed by atoms with Crippen LogP contribution in [-0.4, -0.2) is 56.2 Å². The Kier molecular flexibility index (Phi) is 7.04. The summed E-state index contributed by atoms with van der Waals surface area (Å²) in [6, 6.07) is 24.0. The van der Waals surface area contributed by atoms with Crippen molar-refractivity contribution in [1.82, 2.24) is 4.90 Å². The predicted molar refractivity (Wildman–Crippen MR) is 140 cm³/mol. The second-order valence-electron chi connectivity index (χ2n) is 9.01. The van der Waals surface area contributed by atoms with Gasteiger partial charge in [0.05, 0.1) is 0 Å². The van der Waals surface area contributed by atoms with E-state index in [1.807, 2.05) is 31.2 Å². The molecule has 2 aliphatic rings. The van der Waals surface area contributed by atoms with Gasteiger partial charge in [0.25, 0.3) is 0 Å². The summed E-state index contributed by atoms with van der Waals surface area (Å²) < 4.78 is 11.1. The Hall–Kier alpha value is -3.71. The van der Waals surface area contributed by atoms with Crippen LogP contribution in [0.1, 0.15) is 12.5 Å². The molecular formula is C28H32N4O3. The molecule has 2 aliphatic heterocycles. The average molecular weight is 473 g/mol. The molecule has 3 aromatic rings. The normalized spacial score (nSPS) is 16.4. The van der Waals surface area contributed by atoms with Crippen molar-refractivity contribution in [1.29, 1.82) is 0 Å². The Morgan fingerprint density at radius 3 is 2.29 bits per heavy atom. The van der Waals surface area contributed by atoms with Crippen molar-refractivity contribution in [2.75, 3.05) is 54.9 Å². The van der Waals surface area contributed by atoms with Gasteiger partial charge in [-0.3, -0.25) is 9.69 Å². The molecule has 0 aromatic heterocycles. The van der Waals surface area contributed by atoms with Crippen LogP contribution < -0.4 is 25.0 Å². The fraction of sp³-hybridized carbons (Fsp3) is 0.321. The number of benzene rings is 3. The predicted octanol–water partition coefficient (Wildman–Crippen LogP) is 4.22. The lowest BCUT2D eigenvalue weighted by Gasteiger charge is -2.36. The molecule has 7 nitrogen and oxygen atoms in total. The smallest absolute Gasteiger partial charge is 0.246 e. The van der Waals surface area contributed by atoms with Gasteiger partial charge in [-0.05, 0) is 48.9 Å².